The molecule has 3 heterocycles. The van der Waals surface area contributed by atoms with Crippen molar-refractivity contribution in [3.63, 3.8) is 0 Å². The molecule has 27 heavy (non-hydrogen) atoms. The van der Waals surface area contributed by atoms with E-state index in [9.17, 15) is 9.59 Å². The number of aromatic nitrogens is 1. The van der Waals surface area contributed by atoms with E-state index in [2.05, 4.69) is 11.6 Å². The maximum Gasteiger partial charge on any atom is 0.232 e. The van der Waals surface area contributed by atoms with Gasteiger partial charge in [-0.25, -0.2) is 0 Å². The molecule has 0 bridgehead atoms. The Bertz CT molecular complexity index is 728. The smallest absolute Gasteiger partial charge is 0.232 e. The van der Waals surface area contributed by atoms with Gasteiger partial charge in [0.1, 0.15) is 0 Å². The Morgan fingerprint density at radius 2 is 2.11 bits per heavy atom. The molecule has 1 unspecified atom stereocenters. The van der Waals surface area contributed by atoms with Crippen LogP contribution in [0.4, 0.5) is 0 Å². The van der Waals surface area contributed by atoms with Crippen LogP contribution in [0.5, 0.6) is 0 Å². The van der Waals surface area contributed by atoms with Crippen molar-refractivity contribution in [1.82, 2.24) is 14.8 Å². The fourth-order valence-electron chi connectivity index (χ4n) is 4.25. The van der Waals surface area contributed by atoms with E-state index in [0.29, 0.717) is 13.0 Å². The lowest BCUT2D eigenvalue weighted by molar-refractivity contribution is -0.147. The van der Waals surface area contributed by atoms with Gasteiger partial charge in [-0.3, -0.25) is 14.6 Å². The molecular weight excluding hydrogens is 338 g/mol. The fraction of sp³-hybridized carbons (Fsp3) is 0.591. The number of nitrogens with zero attached hydrogens (tertiary/aromatic N) is 3. The van der Waals surface area contributed by atoms with Gasteiger partial charge in [-0.15, -0.1) is 0 Å². The molecule has 2 aliphatic rings. The molecule has 1 atom stereocenters. The second-order valence-electron chi connectivity index (χ2n) is 8.85. The number of carbonyl (C=O) groups is 2. The van der Waals surface area contributed by atoms with E-state index in [1.807, 2.05) is 48.9 Å². The molecule has 0 radical (unpaired) electrons. The predicted octanol–water partition coefficient (Wildman–Crippen LogP) is 3.42. The van der Waals surface area contributed by atoms with Gasteiger partial charge in [0.05, 0.1) is 5.41 Å². The summed E-state index contributed by atoms with van der Waals surface area (Å²) in [5, 5.41) is 0. The van der Waals surface area contributed by atoms with Crippen molar-refractivity contribution in [3.8, 4) is 0 Å². The number of likely N-dealkylation sites (tertiary alicyclic amines) is 2. The molecule has 3 rings (SSSR count). The Morgan fingerprint density at radius 3 is 2.78 bits per heavy atom. The number of pyridine rings is 1. The van der Waals surface area contributed by atoms with E-state index in [4.69, 9.17) is 0 Å². The summed E-state index contributed by atoms with van der Waals surface area (Å²) in [6, 6.07) is 3.91. The van der Waals surface area contributed by atoms with E-state index >= 15 is 0 Å². The lowest BCUT2D eigenvalue weighted by atomic mass is 9.72. The summed E-state index contributed by atoms with van der Waals surface area (Å²) in [6.45, 7) is 12.7. The Morgan fingerprint density at radius 1 is 1.33 bits per heavy atom. The van der Waals surface area contributed by atoms with Crippen LogP contribution in [0.15, 0.2) is 36.7 Å². The summed E-state index contributed by atoms with van der Waals surface area (Å²) in [7, 11) is 0. The Labute approximate surface area is 162 Å². The third-order valence-corrected chi connectivity index (χ3v) is 6.39. The molecule has 0 saturated carbocycles. The summed E-state index contributed by atoms with van der Waals surface area (Å²) in [6.07, 6.45) is 7.06. The molecule has 5 nitrogen and oxygen atoms in total. The first-order valence-electron chi connectivity index (χ1n) is 9.86. The highest BCUT2D eigenvalue weighted by Gasteiger charge is 2.44. The molecule has 146 valence electrons. The average Bonchev–Trinajstić information content (AvgIpc) is 2.65. The molecule has 0 aliphatic carbocycles. The Hall–Kier alpha value is -2.17. The maximum atomic E-state index is 13.1. The minimum Gasteiger partial charge on any atom is -0.341 e. The van der Waals surface area contributed by atoms with Crippen molar-refractivity contribution in [3.05, 3.63) is 42.2 Å². The third kappa shape index (κ3) is 4.07. The van der Waals surface area contributed by atoms with Crippen LogP contribution in [-0.2, 0) is 16.1 Å². The standard InChI is InChI=1S/C22H31N3O2/c1-17(2)21(3,4)20(27)24-12-6-9-22(15-24)10-8-19(26)25(16-22)14-18-7-5-11-23-13-18/h5,7,11,13H,1,6,8-10,12,14-16H2,2-4H3. The van der Waals surface area contributed by atoms with Gasteiger partial charge in [-0.2, -0.15) is 0 Å². The Kier molecular flexibility index (Phi) is 5.41. The van der Waals surface area contributed by atoms with Crippen molar-refractivity contribution in [2.45, 2.75) is 53.0 Å². The van der Waals surface area contributed by atoms with Crippen LogP contribution < -0.4 is 0 Å². The molecule has 2 aliphatic heterocycles. The van der Waals surface area contributed by atoms with E-state index in [1.54, 1.807) is 6.20 Å². The highest BCUT2D eigenvalue weighted by atomic mass is 16.2. The zero-order chi connectivity index (χ0) is 19.7. The summed E-state index contributed by atoms with van der Waals surface area (Å²) in [4.78, 5) is 33.7. The molecule has 0 N–H and O–H groups in total. The van der Waals surface area contributed by atoms with Crippen LogP contribution in [0.25, 0.3) is 0 Å². The summed E-state index contributed by atoms with van der Waals surface area (Å²) < 4.78 is 0. The average molecular weight is 370 g/mol. The molecule has 1 aromatic rings. The van der Waals surface area contributed by atoms with Gasteiger partial charge in [-0.05, 0) is 51.7 Å². The molecule has 2 amide bonds. The SMILES string of the molecule is C=C(C)C(C)(C)C(=O)N1CCCC2(CCC(=O)N(Cc3cccnc3)C2)C1. The number of carbonyl (C=O) groups excluding carboxylic acids is 2. The van der Waals surface area contributed by atoms with Crippen molar-refractivity contribution in [1.29, 1.82) is 0 Å². The molecule has 1 aromatic heterocycles. The predicted molar refractivity (Wildman–Crippen MR) is 106 cm³/mol. The number of hydrogen-bond acceptors (Lipinski definition) is 3. The lowest BCUT2D eigenvalue weighted by Crippen LogP contribution is -2.56. The van der Waals surface area contributed by atoms with Crippen molar-refractivity contribution < 1.29 is 9.59 Å². The minimum absolute atomic E-state index is 0.00911. The van der Waals surface area contributed by atoms with E-state index in [-0.39, 0.29) is 17.2 Å². The largest absolute Gasteiger partial charge is 0.341 e. The quantitative estimate of drug-likeness (QED) is 0.764. The van der Waals surface area contributed by atoms with Crippen LogP contribution >= 0.6 is 0 Å². The van der Waals surface area contributed by atoms with Crippen LogP contribution in [0.1, 0.15) is 52.0 Å². The molecule has 0 aromatic carbocycles. The first kappa shape index (κ1) is 19.6. The van der Waals surface area contributed by atoms with Crippen LogP contribution in [0.2, 0.25) is 0 Å². The zero-order valence-corrected chi connectivity index (χ0v) is 16.8. The normalized spacial score (nSPS) is 23.6. The maximum absolute atomic E-state index is 13.1. The van der Waals surface area contributed by atoms with Crippen LogP contribution in [0.3, 0.4) is 0 Å². The number of hydrogen-bond donors (Lipinski definition) is 0. The second kappa shape index (κ2) is 7.45. The summed E-state index contributed by atoms with van der Waals surface area (Å²) in [5.41, 5.74) is 1.41. The van der Waals surface area contributed by atoms with Gasteiger partial charge in [0.25, 0.3) is 0 Å². The second-order valence-corrected chi connectivity index (χ2v) is 8.85. The number of piperidine rings is 2. The highest BCUT2D eigenvalue weighted by molar-refractivity contribution is 5.85. The van der Waals surface area contributed by atoms with Crippen molar-refractivity contribution in [2.24, 2.45) is 10.8 Å². The zero-order valence-electron chi connectivity index (χ0n) is 16.8. The highest BCUT2D eigenvalue weighted by Crippen LogP contribution is 2.41. The molecule has 5 heteroatoms. The van der Waals surface area contributed by atoms with Crippen LogP contribution in [-0.4, -0.2) is 46.2 Å². The van der Waals surface area contributed by atoms with Gasteiger partial charge in [0.15, 0.2) is 0 Å². The van der Waals surface area contributed by atoms with Gasteiger partial charge in [0.2, 0.25) is 11.8 Å². The third-order valence-electron chi connectivity index (χ3n) is 6.39. The van der Waals surface area contributed by atoms with Gasteiger partial charge < -0.3 is 9.80 Å². The van der Waals surface area contributed by atoms with E-state index in [0.717, 1.165) is 50.0 Å². The fourth-order valence-corrected chi connectivity index (χ4v) is 4.25. The van der Waals surface area contributed by atoms with Crippen LogP contribution in [0, 0.1) is 10.8 Å². The first-order chi connectivity index (χ1) is 12.7. The van der Waals surface area contributed by atoms with E-state index < -0.39 is 5.41 Å². The van der Waals surface area contributed by atoms with Crippen molar-refractivity contribution in [2.75, 3.05) is 19.6 Å². The lowest BCUT2D eigenvalue weighted by Gasteiger charge is -2.49. The molecule has 1 spiro atoms. The summed E-state index contributed by atoms with van der Waals surface area (Å²) >= 11 is 0. The van der Waals surface area contributed by atoms with E-state index in [1.165, 1.54) is 0 Å². The molecular formula is C22H31N3O2. The van der Waals surface area contributed by atoms with Gasteiger partial charge >= 0.3 is 0 Å². The number of rotatable bonds is 4. The monoisotopic (exact) mass is 369 g/mol. The topological polar surface area (TPSA) is 53.5 Å². The minimum atomic E-state index is -0.543. The molecule has 2 fully saturated rings. The summed E-state index contributed by atoms with van der Waals surface area (Å²) in [5.74, 6) is 0.361. The van der Waals surface area contributed by atoms with Gasteiger partial charge in [-0.1, -0.05) is 18.2 Å². The Balaban J connectivity index is 1.74. The first-order valence-corrected chi connectivity index (χ1v) is 9.86. The molecule has 2 saturated heterocycles. The number of amides is 2. The van der Waals surface area contributed by atoms with Crippen molar-refractivity contribution >= 4 is 11.8 Å². The van der Waals surface area contributed by atoms with Gasteiger partial charge in [0, 0.05) is 50.4 Å².